The summed E-state index contributed by atoms with van der Waals surface area (Å²) in [4.78, 5) is 16.3. The van der Waals surface area contributed by atoms with E-state index in [4.69, 9.17) is 9.47 Å². The number of hydrogen-bond acceptors (Lipinski definition) is 5. The third kappa shape index (κ3) is 5.31. The van der Waals surface area contributed by atoms with Crippen molar-refractivity contribution in [3.8, 4) is 22.9 Å². The second-order valence-corrected chi connectivity index (χ2v) is 6.04. The number of carbonyl (C=O) groups excluding carboxylic acids is 1. The first kappa shape index (κ1) is 18.4. The van der Waals surface area contributed by atoms with Crippen LogP contribution in [0.5, 0.6) is 11.5 Å². The number of aromatic nitrogens is 3. The normalized spacial score (nSPS) is 10.4. The molecule has 0 aliphatic heterocycles. The Balaban J connectivity index is 1.43. The van der Waals surface area contributed by atoms with Crippen molar-refractivity contribution in [2.45, 2.75) is 13.3 Å². The maximum Gasteiger partial charge on any atom is 0.257 e. The number of hydrogen-bond donors (Lipinski definition) is 2. The van der Waals surface area contributed by atoms with Crippen LogP contribution in [0.3, 0.4) is 0 Å². The van der Waals surface area contributed by atoms with Crippen molar-refractivity contribution >= 4 is 5.91 Å². The quantitative estimate of drug-likeness (QED) is 0.639. The lowest BCUT2D eigenvalue weighted by molar-refractivity contribution is -0.123. The number of aromatic amines is 1. The second kappa shape index (κ2) is 8.84. The van der Waals surface area contributed by atoms with Crippen LogP contribution in [0.4, 0.5) is 0 Å². The number of ether oxygens (including phenoxy) is 2. The van der Waals surface area contributed by atoms with Gasteiger partial charge in [0.05, 0.1) is 7.11 Å². The fourth-order valence-corrected chi connectivity index (χ4v) is 2.50. The van der Waals surface area contributed by atoms with Gasteiger partial charge in [0, 0.05) is 18.5 Å². The largest absolute Gasteiger partial charge is 0.497 e. The second-order valence-electron chi connectivity index (χ2n) is 6.04. The van der Waals surface area contributed by atoms with Crippen molar-refractivity contribution in [3.63, 3.8) is 0 Å². The van der Waals surface area contributed by atoms with Gasteiger partial charge < -0.3 is 14.8 Å². The fourth-order valence-electron chi connectivity index (χ4n) is 2.50. The molecule has 0 fully saturated rings. The molecular weight excluding hydrogens is 344 g/mol. The van der Waals surface area contributed by atoms with Crippen molar-refractivity contribution < 1.29 is 14.3 Å². The molecule has 0 saturated heterocycles. The van der Waals surface area contributed by atoms with Crippen molar-refractivity contribution in [3.05, 3.63) is 59.9 Å². The molecule has 140 valence electrons. The number of methoxy groups -OCH3 is 1. The van der Waals surface area contributed by atoms with Crippen LogP contribution in [-0.2, 0) is 11.2 Å². The highest BCUT2D eigenvalue weighted by Crippen LogP contribution is 2.18. The molecule has 3 rings (SSSR count). The van der Waals surface area contributed by atoms with E-state index in [-0.39, 0.29) is 12.5 Å². The van der Waals surface area contributed by atoms with Crippen molar-refractivity contribution in [2.75, 3.05) is 20.3 Å². The predicted octanol–water partition coefficient (Wildman–Crippen LogP) is 2.53. The van der Waals surface area contributed by atoms with Crippen LogP contribution in [0.1, 0.15) is 11.4 Å². The molecule has 1 amide bonds. The minimum atomic E-state index is -0.175. The lowest BCUT2D eigenvalue weighted by Gasteiger charge is -2.07. The van der Waals surface area contributed by atoms with Crippen LogP contribution in [0.25, 0.3) is 11.4 Å². The van der Waals surface area contributed by atoms with Gasteiger partial charge in [-0.2, -0.15) is 5.10 Å². The molecule has 1 heterocycles. The number of rotatable bonds is 8. The van der Waals surface area contributed by atoms with E-state index >= 15 is 0 Å². The lowest BCUT2D eigenvalue weighted by atomic mass is 10.2. The first-order chi connectivity index (χ1) is 13.1. The molecule has 0 bridgehead atoms. The van der Waals surface area contributed by atoms with Gasteiger partial charge in [0.2, 0.25) is 0 Å². The molecule has 0 saturated carbocycles. The molecule has 7 nitrogen and oxygen atoms in total. The Morgan fingerprint density at radius 1 is 1.15 bits per heavy atom. The zero-order valence-electron chi connectivity index (χ0n) is 15.4. The predicted molar refractivity (Wildman–Crippen MR) is 102 cm³/mol. The summed E-state index contributed by atoms with van der Waals surface area (Å²) in [6.45, 7) is 2.41. The van der Waals surface area contributed by atoms with Gasteiger partial charge in [0.15, 0.2) is 12.4 Å². The molecule has 7 heteroatoms. The minimum Gasteiger partial charge on any atom is -0.497 e. The number of nitrogens with one attached hydrogen (secondary N) is 2. The molecule has 0 spiro atoms. The van der Waals surface area contributed by atoms with Crippen molar-refractivity contribution in [1.82, 2.24) is 20.5 Å². The zero-order valence-corrected chi connectivity index (χ0v) is 15.4. The van der Waals surface area contributed by atoms with E-state index in [0.29, 0.717) is 30.4 Å². The summed E-state index contributed by atoms with van der Waals surface area (Å²) in [5.74, 6) is 2.61. The smallest absolute Gasteiger partial charge is 0.257 e. The molecule has 0 aliphatic carbocycles. The molecule has 0 radical (unpaired) electrons. The third-order valence-corrected chi connectivity index (χ3v) is 3.92. The van der Waals surface area contributed by atoms with Gasteiger partial charge in [-0.05, 0) is 48.9 Å². The number of H-pyrrole nitrogens is 1. The average molecular weight is 366 g/mol. The summed E-state index contributed by atoms with van der Waals surface area (Å²) >= 11 is 0. The number of carbonyl (C=O) groups is 1. The Bertz CT molecular complexity index is 890. The molecule has 27 heavy (non-hydrogen) atoms. The highest BCUT2D eigenvalue weighted by Gasteiger charge is 2.07. The molecule has 1 aromatic heterocycles. The van der Waals surface area contributed by atoms with E-state index < -0.39 is 0 Å². The van der Waals surface area contributed by atoms with Crippen LogP contribution in [-0.4, -0.2) is 41.3 Å². The molecule has 0 atom stereocenters. The van der Waals surface area contributed by atoms with E-state index in [1.165, 1.54) is 0 Å². The van der Waals surface area contributed by atoms with Gasteiger partial charge in [0.1, 0.15) is 17.3 Å². The third-order valence-electron chi connectivity index (χ3n) is 3.92. The van der Waals surface area contributed by atoms with Crippen LogP contribution in [0.15, 0.2) is 48.5 Å². The van der Waals surface area contributed by atoms with E-state index in [1.807, 2.05) is 55.5 Å². The van der Waals surface area contributed by atoms with E-state index in [1.54, 1.807) is 7.11 Å². The van der Waals surface area contributed by atoms with E-state index in [2.05, 4.69) is 20.5 Å². The van der Waals surface area contributed by atoms with Gasteiger partial charge in [-0.15, -0.1) is 0 Å². The Hall–Kier alpha value is -3.35. The summed E-state index contributed by atoms with van der Waals surface area (Å²) in [7, 11) is 1.63. The number of nitrogens with zero attached hydrogens (tertiary/aromatic N) is 2. The number of amides is 1. The lowest BCUT2D eigenvalue weighted by Crippen LogP contribution is -2.30. The first-order valence-corrected chi connectivity index (χ1v) is 8.66. The Labute approximate surface area is 157 Å². The Morgan fingerprint density at radius 3 is 2.70 bits per heavy atom. The molecular formula is C20H22N4O3. The van der Waals surface area contributed by atoms with Gasteiger partial charge in [-0.25, -0.2) is 4.98 Å². The Kier molecular flexibility index (Phi) is 6.04. The SMILES string of the molecule is COc1ccc(-c2n[nH]c(CCNC(=O)COc3cccc(C)c3)n2)cc1. The topological polar surface area (TPSA) is 89.1 Å². The summed E-state index contributed by atoms with van der Waals surface area (Å²) in [5.41, 5.74) is 1.99. The summed E-state index contributed by atoms with van der Waals surface area (Å²) in [5, 5.41) is 9.92. The molecule has 3 aromatic rings. The first-order valence-electron chi connectivity index (χ1n) is 8.66. The van der Waals surface area contributed by atoms with Crippen LogP contribution in [0, 0.1) is 6.92 Å². The van der Waals surface area contributed by atoms with E-state index in [9.17, 15) is 4.79 Å². The van der Waals surface area contributed by atoms with Gasteiger partial charge in [0.25, 0.3) is 5.91 Å². The minimum absolute atomic E-state index is 0.0169. The summed E-state index contributed by atoms with van der Waals surface area (Å²) < 4.78 is 10.6. The maximum absolute atomic E-state index is 11.9. The maximum atomic E-state index is 11.9. The van der Waals surface area contributed by atoms with Crippen LogP contribution >= 0.6 is 0 Å². The van der Waals surface area contributed by atoms with Crippen molar-refractivity contribution in [1.29, 1.82) is 0 Å². The molecule has 0 aliphatic rings. The van der Waals surface area contributed by atoms with Crippen molar-refractivity contribution in [2.24, 2.45) is 0 Å². The zero-order chi connectivity index (χ0) is 19.1. The molecule has 2 N–H and O–H groups in total. The van der Waals surface area contributed by atoms with Crippen LogP contribution < -0.4 is 14.8 Å². The molecule has 0 unspecified atom stereocenters. The van der Waals surface area contributed by atoms with Gasteiger partial charge in [-0.3, -0.25) is 9.89 Å². The number of aryl methyl sites for hydroxylation is 1. The average Bonchev–Trinajstić information content (AvgIpc) is 3.15. The highest BCUT2D eigenvalue weighted by molar-refractivity contribution is 5.77. The summed E-state index contributed by atoms with van der Waals surface area (Å²) in [6, 6.07) is 15.1. The fraction of sp³-hybridized carbons (Fsp3) is 0.250. The highest BCUT2D eigenvalue weighted by atomic mass is 16.5. The van der Waals surface area contributed by atoms with Gasteiger partial charge >= 0.3 is 0 Å². The Morgan fingerprint density at radius 2 is 1.96 bits per heavy atom. The standard InChI is InChI=1S/C20H22N4O3/c1-14-4-3-5-17(12-14)27-13-19(25)21-11-10-18-22-20(24-23-18)15-6-8-16(26-2)9-7-15/h3-9,12H,10-11,13H2,1-2H3,(H,21,25)(H,22,23,24). The number of benzene rings is 2. The monoisotopic (exact) mass is 366 g/mol. The van der Waals surface area contributed by atoms with E-state index in [0.717, 1.165) is 16.9 Å². The van der Waals surface area contributed by atoms with Crippen LogP contribution in [0.2, 0.25) is 0 Å². The summed E-state index contributed by atoms with van der Waals surface area (Å²) in [6.07, 6.45) is 0.555. The molecule has 2 aromatic carbocycles. The van der Waals surface area contributed by atoms with Gasteiger partial charge in [-0.1, -0.05) is 12.1 Å².